The molecule has 0 atom stereocenters. The summed E-state index contributed by atoms with van der Waals surface area (Å²) in [4.78, 5) is 16.3. The maximum absolute atomic E-state index is 13.5. The van der Waals surface area contributed by atoms with Gasteiger partial charge in [0.05, 0.1) is 6.54 Å². The van der Waals surface area contributed by atoms with Crippen molar-refractivity contribution in [3.8, 4) is 0 Å². The number of nitrogens with zero attached hydrogens (tertiary/aromatic N) is 2. The molecule has 0 bridgehead atoms. The summed E-state index contributed by atoms with van der Waals surface area (Å²) in [6, 6.07) is 5.75. The Hall–Kier alpha value is -2.08. The molecule has 1 heterocycles. The van der Waals surface area contributed by atoms with Crippen LogP contribution in [0.2, 0.25) is 0 Å². The summed E-state index contributed by atoms with van der Waals surface area (Å²) in [5.74, 6) is 0.146. The Balaban J connectivity index is 2.45. The van der Waals surface area contributed by atoms with E-state index in [4.69, 9.17) is 18.0 Å². The van der Waals surface area contributed by atoms with E-state index >= 15 is 0 Å². The van der Waals surface area contributed by atoms with Crippen molar-refractivity contribution in [2.24, 2.45) is 5.73 Å². The van der Waals surface area contributed by atoms with E-state index < -0.39 is 5.82 Å². The molecular formula is C14H14FN3OS. The second kappa shape index (κ2) is 5.50. The van der Waals surface area contributed by atoms with Crippen molar-refractivity contribution >= 4 is 17.2 Å². The SMILES string of the molecule is Cc1cc(=O)n(Cc2cc(F)cc(C(N)=S)c2)c(C)n1. The molecule has 6 heteroatoms. The van der Waals surface area contributed by atoms with Crippen molar-refractivity contribution in [1.29, 1.82) is 0 Å². The molecule has 0 amide bonds. The number of thiocarbonyl (C=S) groups is 1. The Morgan fingerprint density at radius 1 is 1.35 bits per heavy atom. The molecule has 0 unspecified atom stereocenters. The molecule has 0 aliphatic rings. The lowest BCUT2D eigenvalue weighted by atomic mass is 10.1. The molecule has 0 fully saturated rings. The zero-order valence-corrected chi connectivity index (χ0v) is 12.0. The van der Waals surface area contributed by atoms with Crippen LogP contribution in [-0.4, -0.2) is 14.5 Å². The average Bonchev–Trinajstić information content (AvgIpc) is 2.33. The molecule has 0 spiro atoms. The van der Waals surface area contributed by atoms with Crippen LogP contribution in [0, 0.1) is 19.7 Å². The standard InChI is InChI=1S/C14H14FN3OS/c1-8-3-13(19)18(9(2)17-8)7-10-4-11(14(16)20)6-12(15)5-10/h3-6H,7H2,1-2H3,(H2,16,20). The highest BCUT2D eigenvalue weighted by molar-refractivity contribution is 7.80. The third kappa shape index (κ3) is 3.08. The molecule has 2 N–H and O–H groups in total. The number of halogens is 1. The molecule has 0 saturated heterocycles. The fraction of sp³-hybridized carbons (Fsp3) is 0.214. The molecule has 4 nitrogen and oxygen atoms in total. The minimum Gasteiger partial charge on any atom is -0.389 e. The van der Waals surface area contributed by atoms with Crippen molar-refractivity contribution in [2.75, 3.05) is 0 Å². The minimum absolute atomic E-state index is 0.122. The third-order valence-corrected chi connectivity index (χ3v) is 3.15. The number of rotatable bonds is 3. The largest absolute Gasteiger partial charge is 0.389 e. The third-order valence-electron chi connectivity index (χ3n) is 2.91. The smallest absolute Gasteiger partial charge is 0.254 e. The zero-order valence-electron chi connectivity index (χ0n) is 11.2. The van der Waals surface area contributed by atoms with Crippen molar-refractivity contribution in [2.45, 2.75) is 20.4 Å². The van der Waals surface area contributed by atoms with E-state index in [1.807, 2.05) is 0 Å². The molecule has 0 saturated carbocycles. The molecule has 2 aromatic rings. The van der Waals surface area contributed by atoms with Crippen molar-refractivity contribution in [1.82, 2.24) is 9.55 Å². The van der Waals surface area contributed by atoms with Gasteiger partial charge < -0.3 is 5.73 Å². The number of aryl methyl sites for hydroxylation is 2. The topological polar surface area (TPSA) is 60.9 Å². The molecule has 104 valence electrons. The van der Waals surface area contributed by atoms with Gasteiger partial charge >= 0.3 is 0 Å². The Labute approximate surface area is 121 Å². The summed E-state index contributed by atoms with van der Waals surface area (Å²) in [6.07, 6.45) is 0. The fourth-order valence-electron chi connectivity index (χ4n) is 2.02. The van der Waals surface area contributed by atoms with Gasteiger partial charge in [0, 0.05) is 17.3 Å². The van der Waals surface area contributed by atoms with Gasteiger partial charge in [-0.05, 0) is 37.6 Å². The first-order valence-corrected chi connectivity index (χ1v) is 6.42. The first-order valence-electron chi connectivity index (χ1n) is 6.01. The predicted molar refractivity (Wildman–Crippen MR) is 79.4 cm³/mol. The minimum atomic E-state index is -0.434. The van der Waals surface area contributed by atoms with E-state index in [0.29, 0.717) is 22.6 Å². The molecule has 0 aliphatic carbocycles. The Morgan fingerprint density at radius 2 is 2.05 bits per heavy atom. The van der Waals surface area contributed by atoms with Crippen molar-refractivity contribution in [3.05, 3.63) is 63.1 Å². The quantitative estimate of drug-likeness (QED) is 0.874. The molecule has 20 heavy (non-hydrogen) atoms. The highest BCUT2D eigenvalue weighted by Crippen LogP contribution is 2.11. The lowest BCUT2D eigenvalue weighted by Gasteiger charge is -2.11. The number of benzene rings is 1. The first kappa shape index (κ1) is 14.3. The molecule has 1 aromatic carbocycles. The van der Waals surface area contributed by atoms with Crippen LogP contribution in [0.25, 0.3) is 0 Å². The molecule has 1 aromatic heterocycles. The summed E-state index contributed by atoms with van der Waals surface area (Å²) in [7, 11) is 0. The molecule has 0 radical (unpaired) electrons. The Morgan fingerprint density at radius 3 is 2.65 bits per heavy atom. The summed E-state index contributed by atoms with van der Waals surface area (Å²) >= 11 is 4.84. The van der Waals surface area contributed by atoms with Crippen LogP contribution in [0.1, 0.15) is 22.6 Å². The van der Waals surface area contributed by atoms with Gasteiger partial charge in [-0.2, -0.15) is 0 Å². The van der Waals surface area contributed by atoms with E-state index in [9.17, 15) is 9.18 Å². The van der Waals surface area contributed by atoms with E-state index in [2.05, 4.69) is 4.98 Å². The van der Waals surface area contributed by atoms with Gasteiger partial charge in [0.25, 0.3) is 5.56 Å². The molecular weight excluding hydrogens is 277 g/mol. The van der Waals surface area contributed by atoms with Crippen molar-refractivity contribution < 1.29 is 4.39 Å². The number of hydrogen-bond donors (Lipinski definition) is 1. The molecule has 2 rings (SSSR count). The highest BCUT2D eigenvalue weighted by Gasteiger charge is 2.07. The van der Waals surface area contributed by atoms with Gasteiger partial charge in [0.15, 0.2) is 0 Å². The zero-order chi connectivity index (χ0) is 14.9. The first-order chi connectivity index (χ1) is 9.36. The van der Waals surface area contributed by atoms with Crippen molar-refractivity contribution in [3.63, 3.8) is 0 Å². The van der Waals surface area contributed by atoms with Crippen LogP contribution in [0.3, 0.4) is 0 Å². The van der Waals surface area contributed by atoms with Crippen LogP contribution in [0.5, 0.6) is 0 Å². The second-order valence-electron chi connectivity index (χ2n) is 4.58. The van der Waals surface area contributed by atoms with Gasteiger partial charge in [-0.1, -0.05) is 12.2 Å². The highest BCUT2D eigenvalue weighted by atomic mass is 32.1. The van der Waals surface area contributed by atoms with Crippen LogP contribution >= 0.6 is 12.2 Å². The van der Waals surface area contributed by atoms with Gasteiger partial charge in [0.1, 0.15) is 16.6 Å². The number of nitrogens with two attached hydrogens (primary N) is 1. The average molecular weight is 291 g/mol. The Bertz CT molecular complexity index is 740. The Kier molecular flexibility index (Phi) is 3.94. The van der Waals surface area contributed by atoms with Crippen LogP contribution < -0.4 is 11.3 Å². The van der Waals surface area contributed by atoms with Gasteiger partial charge in [-0.3, -0.25) is 9.36 Å². The van der Waals surface area contributed by atoms with Crippen LogP contribution in [0.4, 0.5) is 4.39 Å². The maximum atomic E-state index is 13.5. The van der Waals surface area contributed by atoms with Crippen LogP contribution in [-0.2, 0) is 6.54 Å². The maximum Gasteiger partial charge on any atom is 0.254 e. The van der Waals surface area contributed by atoms with E-state index in [-0.39, 0.29) is 17.1 Å². The second-order valence-corrected chi connectivity index (χ2v) is 5.02. The summed E-state index contributed by atoms with van der Waals surface area (Å²) in [6.45, 7) is 3.72. The number of hydrogen-bond acceptors (Lipinski definition) is 3. The normalized spacial score (nSPS) is 10.6. The lowest BCUT2D eigenvalue weighted by Crippen LogP contribution is -2.24. The van der Waals surface area contributed by atoms with Crippen LogP contribution in [0.15, 0.2) is 29.1 Å². The summed E-state index contributed by atoms with van der Waals surface area (Å²) in [5.41, 5.74) is 7.06. The van der Waals surface area contributed by atoms with Gasteiger partial charge in [-0.25, -0.2) is 9.37 Å². The predicted octanol–water partition coefficient (Wildman–Crippen LogP) is 1.68. The number of aromatic nitrogens is 2. The van der Waals surface area contributed by atoms with E-state index in [1.54, 1.807) is 19.9 Å². The molecule has 0 aliphatic heterocycles. The fourth-order valence-corrected chi connectivity index (χ4v) is 2.14. The lowest BCUT2D eigenvalue weighted by molar-refractivity contribution is 0.620. The van der Waals surface area contributed by atoms with Gasteiger partial charge in [-0.15, -0.1) is 0 Å². The van der Waals surface area contributed by atoms with Gasteiger partial charge in [0.2, 0.25) is 0 Å². The summed E-state index contributed by atoms with van der Waals surface area (Å²) in [5, 5.41) is 0. The monoisotopic (exact) mass is 291 g/mol. The van der Waals surface area contributed by atoms with E-state index in [0.717, 1.165) is 0 Å². The summed E-state index contributed by atoms with van der Waals surface area (Å²) < 4.78 is 15.0. The van der Waals surface area contributed by atoms with E-state index in [1.165, 1.54) is 22.8 Å².